The highest BCUT2D eigenvalue weighted by Crippen LogP contribution is 2.29. The van der Waals surface area contributed by atoms with Crippen molar-refractivity contribution in [2.45, 2.75) is 6.92 Å². The van der Waals surface area contributed by atoms with Crippen molar-refractivity contribution in [3.05, 3.63) is 56.0 Å². The van der Waals surface area contributed by atoms with Crippen molar-refractivity contribution >= 4 is 50.8 Å². The number of halogens is 3. The van der Waals surface area contributed by atoms with Gasteiger partial charge in [-0.15, -0.1) is 0 Å². The lowest BCUT2D eigenvalue weighted by molar-refractivity contribution is 0.630. The number of aromatic nitrogens is 2. The molecular weight excluding hydrogens is 363 g/mol. The highest BCUT2D eigenvalue weighted by atomic mass is 79.9. The molecule has 0 unspecified atom stereocenters. The molecule has 6 heteroatoms. The number of rotatable bonds is 1. The second-order valence-electron chi connectivity index (χ2n) is 4.50. The van der Waals surface area contributed by atoms with Crippen molar-refractivity contribution < 1.29 is 4.39 Å². The fraction of sp³-hybridized carbons (Fsp3) is 0.0714. The van der Waals surface area contributed by atoms with Crippen molar-refractivity contribution in [3.8, 4) is 5.69 Å². The molecule has 0 aliphatic rings. The molecule has 2 nitrogen and oxygen atoms in total. The summed E-state index contributed by atoms with van der Waals surface area (Å²) >= 11 is 14.7. The van der Waals surface area contributed by atoms with Crippen LogP contribution in [0.4, 0.5) is 4.39 Å². The van der Waals surface area contributed by atoms with Gasteiger partial charge in [-0.3, -0.25) is 4.57 Å². The molecule has 0 fully saturated rings. The number of hydrogen-bond acceptors (Lipinski definition) is 1. The molecule has 2 aromatic carbocycles. The number of hydrogen-bond donors (Lipinski definition) is 1. The lowest BCUT2D eigenvalue weighted by atomic mass is 10.2. The monoisotopic (exact) mass is 370 g/mol. The summed E-state index contributed by atoms with van der Waals surface area (Å²) in [5, 5.41) is 0.0727. The molecule has 1 heterocycles. The van der Waals surface area contributed by atoms with Crippen LogP contribution >= 0.6 is 39.7 Å². The van der Waals surface area contributed by atoms with E-state index in [4.69, 9.17) is 23.8 Å². The van der Waals surface area contributed by atoms with Crippen molar-refractivity contribution in [2.75, 3.05) is 0 Å². The first kappa shape index (κ1) is 13.8. The molecule has 0 radical (unpaired) electrons. The fourth-order valence-corrected chi connectivity index (χ4v) is 3.27. The van der Waals surface area contributed by atoms with Gasteiger partial charge in [0, 0.05) is 10.5 Å². The van der Waals surface area contributed by atoms with E-state index >= 15 is 0 Å². The number of imidazole rings is 1. The van der Waals surface area contributed by atoms with E-state index in [1.807, 2.05) is 29.7 Å². The second kappa shape index (κ2) is 4.98. The van der Waals surface area contributed by atoms with E-state index in [2.05, 4.69) is 20.9 Å². The molecule has 0 aliphatic carbocycles. The van der Waals surface area contributed by atoms with Crippen molar-refractivity contribution in [1.82, 2.24) is 9.55 Å². The molecule has 3 rings (SSSR count). The van der Waals surface area contributed by atoms with Gasteiger partial charge in [0.2, 0.25) is 0 Å². The minimum absolute atomic E-state index is 0.0727. The van der Waals surface area contributed by atoms with Gasteiger partial charge >= 0.3 is 0 Å². The summed E-state index contributed by atoms with van der Waals surface area (Å²) in [7, 11) is 0. The minimum Gasteiger partial charge on any atom is -0.330 e. The largest absolute Gasteiger partial charge is 0.330 e. The van der Waals surface area contributed by atoms with Gasteiger partial charge in [-0.2, -0.15) is 0 Å². The standard InChI is InChI=1S/C14H9BrClFN2S/c1-7-2-3-12(8(15)4-7)19-13-5-9(16)10(17)6-11(13)18-14(19)20/h2-6H,1H3,(H,18,20). The quantitative estimate of drug-likeness (QED) is 0.556. The van der Waals surface area contributed by atoms with Crippen LogP contribution in [-0.4, -0.2) is 9.55 Å². The Labute approximate surface area is 133 Å². The Bertz CT molecular complexity index is 885. The lowest BCUT2D eigenvalue weighted by Gasteiger charge is -2.08. The van der Waals surface area contributed by atoms with Crippen LogP contribution in [0.15, 0.2) is 34.8 Å². The van der Waals surface area contributed by atoms with E-state index in [-0.39, 0.29) is 5.02 Å². The summed E-state index contributed by atoms with van der Waals surface area (Å²) in [6.45, 7) is 2.01. The zero-order valence-electron chi connectivity index (χ0n) is 10.4. The van der Waals surface area contributed by atoms with Crippen LogP contribution in [0.3, 0.4) is 0 Å². The molecule has 0 atom stereocenters. The first-order chi connectivity index (χ1) is 9.47. The van der Waals surface area contributed by atoms with Crippen LogP contribution in [0.1, 0.15) is 5.56 Å². The van der Waals surface area contributed by atoms with Crippen molar-refractivity contribution in [3.63, 3.8) is 0 Å². The maximum Gasteiger partial charge on any atom is 0.182 e. The topological polar surface area (TPSA) is 20.7 Å². The lowest BCUT2D eigenvalue weighted by Crippen LogP contribution is -1.96. The molecule has 0 spiro atoms. The van der Waals surface area contributed by atoms with Gasteiger partial charge in [0.1, 0.15) is 5.82 Å². The predicted molar refractivity (Wildman–Crippen MR) is 85.9 cm³/mol. The highest BCUT2D eigenvalue weighted by molar-refractivity contribution is 9.10. The maximum absolute atomic E-state index is 13.5. The zero-order valence-corrected chi connectivity index (χ0v) is 13.5. The molecule has 0 saturated heterocycles. The van der Waals surface area contributed by atoms with Crippen LogP contribution < -0.4 is 0 Å². The van der Waals surface area contributed by atoms with Gasteiger partial charge in [0.25, 0.3) is 0 Å². The summed E-state index contributed by atoms with van der Waals surface area (Å²) in [5.41, 5.74) is 3.38. The molecule has 0 bridgehead atoms. The Morgan fingerprint density at radius 3 is 2.75 bits per heavy atom. The Morgan fingerprint density at radius 2 is 2.05 bits per heavy atom. The predicted octanol–water partition coefficient (Wildman–Crippen LogP) is 5.55. The molecule has 102 valence electrons. The molecule has 20 heavy (non-hydrogen) atoms. The van der Waals surface area contributed by atoms with Crippen LogP contribution in [0.5, 0.6) is 0 Å². The third-order valence-electron chi connectivity index (χ3n) is 3.07. The van der Waals surface area contributed by atoms with Gasteiger partial charge in [-0.1, -0.05) is 17.7 Å². The molecule has 1 aromatic heterocycles. The normalized spacial score (nSPS) is 11.2. The van der Waals surface area contributed by atoms with Crippen LogP contribution in [0.25, 0.3) is 16.7 Å². The third kappa shape index (κ3) is 2.20. The van der Waals surface area contributed by atoms with Gasteiger partial charge in [-0.05, 0) is 58.8 Å². The molecular formula is C14H9BrClFN2S. The van der Waals surface area contributed by atoms with Crippen molar-refractivity contribution in [1.29, 1.82) is 0 Å². The number of aromatic amines is 1. The number of nitrogens with one attached hydrogen (secondary N) is 1. The average Bonchev–Trinajstić information content (AvgIpc) is 2.66. The Balaban J connectivity index is 2.39. The molecule has 3 aromatic rings. The minimum atomic E-state index is -0.467. The maximum atomic E-state index is 13.5. The van der Waals surface area contributed by atoms with Gasteiger partial charge in [0.05, 0.1) is 21.7 Å². The molecule has 0 aliphatic heterocycles. The van der Waals surface area contributed by atoms with E-state index < -0.39 is 5.82 Å². The first-order valence-electron chi connectivity index (χ1n) is 5.83. The van der Waals surface area contributed by atoms with Crippen LogP contribution in [0.2, 0.25) is 5.02 Å². The Kier molecular flexibility index (Phi) is 3.44. The smallest absolute Gasteiger partial charge is 0.182 e. The van der Waals surface area contributed by atoms with Gasteiger partial charge in [-0.25, -0.2) is 4.39 Å². The van der Waals surface area contributed by atoms with Crippen LogP contribution in [-0.2, 0) is 0 Å². The Hall–Kier alpha value is -1.17. The Morgan fingerprint density at radius 1 is 1.30 bits per heavy atom. The SMILES string of the molecule is Cc1ccc(-n2c(=S)[nH]c3cc(F)c(Cl)cc32)c(Br)c1. The van der Waals surface area contributed by atoms with Crippen LogP contribution in [0, 0.1) is 17.5 Å². The molecule has 0 amide bonds. The average molecular weight is 372 g/mol. The second-order valence-corrected chi connectivity index (χ2v) is 6.15. The van der Waals surface area contributed by atoms with Gasteiger partial charge in [0.15, 0.2) is 4.77 Å². The number of nitrogens with zero attached hydrogens (tertiary/aromatic N) is 1. The molecule has 1 N–H and O–H groups in total. The fourth-order valence-electron chi connectivity index (χ4n) is 2.13. The summed E-state index contributed by atoms with van der Waals surface area (Å²) in [5.74, 6) is -0.467. The summed E-state index contributed by atoms with van der Waals surface area (Å²) in [6, 6.07) is 8.88. The number of fused-ring (bicyclic) bond motifs is 1. The first-order valence-corrected chi connectivity index (χ1v) is 7.41. The highest BCUT2D eigenvalue weighted by Gasteiger charge is 2.12. The molecule has 0 saturated carbocycles. The number of aryl methyl sites for hydroxylation is 1. The number of H-pyrrole nitrogens is 1. The summed E-state index contributed by atoms with van der Waals surface area (Å²) < 4.78 is 16.8. The van der Waals surface area contributed by atoms with E-state index in [0.717, 1.165) is 21.2 Å². The van der Waals surface area contributed by atoms with E-state index in [1.165, 1.54) is 6.07 Å². The zero-order chi connectivity index (χ0) is 14.4. The summed E-state index contributed by atoms with van der Waals surface area (Å²) in [6.07, 6.45) is 0. The van der Waals surface area contributed by atoms with E-state index in [9.17, 15) is 4.39 Å². The van der Waals surface area contributed by atoms with E-state index in [1.54, 1.807) is 6.07 Å². The van der Waals surface area contributed by atoms with E-state index in [0.29, 0.717) is 10.3 Å². The summed E-state index contributed by atoms with van der Waals surface area (Å²) in [4.78, 5) is 2.99. The van der Waals surface area contributed by atoms with Gasteiger partial charge < -0.3 is 4.98 Å². The van der Waals surface area contributed by atoms with Crippen molar-refractivity contribution in [2.24, 2.45) is 0 Å². The third-order valence-corrected chi connectivity index (χ3v) is 4.28. The number of benzene rings is 2.